The summed E-state index contributed by atoms with van der Waals surface area (Å²) in [5, 5.41) is 0. The van der Waals surface area contributed by atoms with E-state index in [0.29, 0.717) is 17.0 Å². The maximum atomic E-state index is 11.6. The number of rotatable bonds is 3. The minimum atomic E-state index is -0.344. The molecule has 1 aromatic rings. The third-order valence-corrected chi connectivity index (χ3v) is 4.28. The standard InChI is InChI=1S/C10H11IO3S/c1-4-14-10(13)7-5(2)8(6(3)12)15-9(7)11/h4H2,1-3H3. The molecular weight excluding hydrogens is 327 g/mol. The summed E-state index contributed by atoms with van der Waals surface area (Å²) in [6.45, 7) is 5.39. The van der Waals surface area contributed by atoms with E-state index in [0.717, 1.165) is 8.45 Å². The Bertz CT molecular complexity index is 409. The molecule has 0 aliphatic carbocycles. The Morgan fingerprint density at radius 2 is 2.07 bits per heavy atom. The van der Waals surface area contributed by atoms with E-state index in [1.807, 2.05) is 0 Å². The van der Waals surface area contributed by atoms with Gasteiger partial charge in [0.1, 0.15) is 0 Å². The summed E-state index contributed by atoms with van der Waals surface area (Å²) < 4.78 is 5.75. The molecule has 0 atom stereocenters. The van der Waals surface area contributed by atoms with E-state index in [2.05, 4.69) is 22.6 Å². The van der Waals surface area contributed by atoms with Crippen LogP contribution in [0.2, 0.25) is 0 Å². The largest absolute Gasteiger partial charge is 0.462 e. The molecule has 0 saturated carbocycles. The summed E-state index contributed by atoms with van der Waals surface area (Å²) in [6, 6.07) is 0. The molecule has 0 radical (unpaired) electrons. The van der Waals surface area contributed by atoms with Gasteiger partial charge in [0, 0.05) is 0 Å². The Morgan fingerprint density at radius 3 is 2.47 bits per heavy atom. The molecular formula is C10H11IO3S. The second kappa shape index (κ2) is 5.07. The molecule has 0 fully saturated rings. The zero-order chi connectivity index (χ0) is 11.6. The Kier molecular flexibility index (Phi) is 4.27. The van der Waals surface area contributed by atoms with E-state index in [-0.39, 0.29) is 11.8 Å². The molecule has 0 saturated heterocycles. The highest BCUT2D eigenvalue weighted by Gasteiger charge is 2.22. The quantitative estimate of drug-likeness (QED) is 0.483. The smallest absolute Gasteiger partial charge is 0.340 e. The number of hydrogen-bond donors (Lipinski definition) is 0. The van der Waals surface area contributed by atoms with Crippen molar-refractivity contribution >= 4 is 45.7 Å². The van der Waals surface area contributed by atoms with E-state index in [1.54, 1.807) is 13.8 Å². The predicted molar refractivity (Wildman–Crippen MR) is 67.7 cm³/mol. The SMILES string of the molecule is CCOC(=O)c1c(I)sc(C(C)=O)c1C. The van der Waals surface area contributed by atoms with Crippen LogP contribution in [0, 0.1) is 9.81 Å². The fraction of sp³-hybridized carbons (Fsp3) is 0.400. The second-order valence-corrected chi connectivity index (χ2v) is 5.81. The first kappa shape index (κ1) is 12.6. The zero-order valence-corrected chi connectivity index (χ0v) is 11.7. The molecule has 0 amide bonds. The highest BCUT2D eigenvalue weighted by Crippen LogP contribution is 2.30. The Labute approximate surface area is 106 Å². The molecule has 0 unspecified atom stereocenters. The van der Waals surface area contributed by atoms with Gasteiger partial charge in [-0.15, -0.1) is 11.3 Å². The second-order valence-electron chi connectivity index (χ2n) is 2.98. The van der Waals surface area contributed by atoms with Crippen LogP contribution in [0.1, 0.15) is 39.4 Å². The lowest BCUT2D eigenvalue weighted by molar-refractivity contribution is 0.0525. The Hall–Kier alpha value is -0.430. The molecule has 5 heteroatoms. The fourth-order valence-electron chi connectivity index (χ4n) is 1.25. The molecule has 0 aliphatic heterocycles. The van der Waals surface area contributed by atoms with Gasteiger partial charge in [0.05, 0.1) is 19.9 Å². The molecule has 1 heterocycles. The van der Waals surface area contributed by atoms with Crippen LogP contribution in [0.3, 0.4) is 0 Å². The van der Waals surface area contributed by atoms with Gasteiger partial charge in [-0.1, -0.05) is 0 Å². The van der Waals surface area contributed by atoms with E-state index in [1.165, 1.54) is 18.3 Å². The van der Waals surface area contributed by atoms with Crippen molar-refractivity contribution in [2.75, 3.05) is 6.61 Å². The summed E-state index contributed by atoms with van der Waals surface area (Å²) in [6.07, 6.45) is 0. The summed E-state index contributed by atoms with van der Waals surface area (Å²) in [4.78, 5) is 23.5. The highest BCUT2D eigenvalue weighted by atomic mass is 127. The van der Waals surface area contributed by atoms with Gasteiger partial charge in [0.15, 0.2) is 5.78 Å². The van der Waals surface area contributed by atoms with Crippen molar-refractivity contribution in [2.24, 2.45) is 0 Å². The van der Waals surface area contributed by atoms with Gasteiger partial charge in [-0.25, -0.2) is 4.79 Å². The normalized spacial score (nSPS) is 10.1. The predicted octanol–water partition coefficient (Wildman–Crippen LogP) is 3.04. The average Bonchev–Trinajstić information content (AvgIpc) is 2.42. The maximum Gasteiger partial charge on any atom is 0.340 e. The molecule has 15 heavy (non-hydrogen) atoms. The zero-order valence-electron chi connectivity index (χ0n) is 8.72. The van der Waals surface area contributed by atoms with Crippen LogP contribution >= 0.6 is 33.9 Å². The molecule has 3 nitrogen and oxygen atoms in total. The Morgan fingerprint density at radius 1 is 1.47 bits per heavy atom. The minimum absolute atomic E-state index is 0.00837. The van der Waals surface area contributed by atoms with Crippen LogP contribution in [-0.2, 0) is 4.74 Å². The fourth-order valence-corrected chi connectivity index (χ4v) is 3.45. The summed E-state index contributed by atoms with van der Waals surface area (Å²) >= 11 is 3.40. The van der Waals surface area contributed by atoms with Gasteiger partial charge in [0.2, 0.25) is 0 Å². The van der Waals surface area contributed by atoms with Crippen molar-refractivity contribution < 1.29 is 14.3 Å². The lowest BCUT2D eigenvalue weighted by Crippen LogP contribution is -2.07. The Balaban J connectivity index is 3.19. The molecule has 0 N–H and O–H groups in total. The van der Waals surface area contributed by atoms with Crippen molar-refractivity contribution in [3.05, 3.63) is 18.9 Å². The number of ketones is 1. The highest BCUT2D eigenvalue weighted by molar-refractivity contribution is 14.1. The van der Waals surface area contributed by atoms with Crippen molar-refractivity contribution in [3.8, 4) is 0 Å². The number of halogens is 1. The number of hydrogen-bond acceptors (Lipinski definition) is 4. The number of thiophene rings is 1. The summed E-state index contributed by atoms with van der Waals surface area (Å²) in [5.74, 6) is -0.353. The molecule has 0 spiro atoms. The van der Waals surface area contributed by atoms with Gasteiger partial charge in [-0.2, -0.15) is 0 Å². The van der Waals surface area contributed by atoms with Crippen molar-refractivity contribution in [1.29, 1.82) is 0 Å². The van der Waals surface area contributed by atoms with Crippen LogP contribution < -0.4 is 0 Å². The van der Waals surface area contributed by atoms with Gasteiger partial charge >= 0.3 is 5.97 Å². The van der Waals surface area contributed by atoms with Gasteiger partial charge < -0.3 is 4.74 Å². The van der Waals surface area contributed by atoms with Crippen LogP contribution in [0.4, 0.5) is 0 Å². The first-order valence-electron chi connectivity index (χ1n) is 4.46. The van der Waals surface area contributed by atoms with E-state index in [9.17, 15) is 9.59 Å². The van der Waals surface area contributed by atoms with E-state index >= 15 is 0 Å². The molecule has 0 aromatic carbocycles. The van der Waals surface area contributed by atoms with Crippen molar-refractivity contribution in [3.63, 3.8) is 0 Å². The average molecular weight is 338 g/mol. The molecule has 82 valence electrons. The topological polar surface area (TPSA) is 43.4 Å². The number of esters is 1. The van der Waals surface area contributed by atoms with Gasteiger partial charge in [-0.3, -0.25) is 4.79 Å². The van der Waals surface area contributed by atoms with E-state index < -0.39 is 0 Å². The van der Waals surface area contributed by atoms with Crippen LogP contribution in [-0.4, -0.2) is 18.4 Å². The molecule has 1 aromatic heterocycles. The monoisotopic (exact) mass is 338 g/mol. The van der Waals surface area contributed by atoms with Crippen LogP contribution in [0.5, 0.6) is 0 Å². The molecule has 0 aliphatic rings. The summed E-state index contributed by atoms with van der Waals surface area (Å²) in [5.41, 5.74) is 1.27. The van der Waals surface area contributed by atoms with E-state index in [4.69, 9.17) is 4.74 Å². The lowest BCUT2D eigenvalue weighted by atomic mass is 10.1. The molecule has 0 bridgehead atoms. The van der Waals surface area contributed by atoms with Crippen LogP contribution in [0.25, 0.3) is 0 Å². The number of carbonyl (C=O) groups excluding carboxylic acids is 2. The molecule has 1 rings (SSSR count). The first-order chi connectivity index (χ1) is 6.99. The lowest BCUT2D eigenvalue weighted by Gasteiger charge is -2.01. The first-order valence-corrected chi connectivity index (χ1v) is 6.35. The number of ether oxygens (including phenoxy) is 1. The van der Waals surface area contributed by atoms with Crippen molar-refractivity contribution in [2.45, 2.75) is 20.8 Å². The van der Waals surface area contributed by atoms with Gasteiger partial charge in [-0.05, 0) is 48.9 Å². The maximum absolute atomic E-state index is 11.6. The minimum Gasteiger partial charge on any atom is -0.462 e. The third kappa shape index (κ3) is 2.57. The van der Waals surface area contributed by atoms with Gasteiger partial charge in [0.25, 0.3) is 0 Å². The summed E-state index contributed by atoms with van der Waals surface area (Å²) in [7, 11) is 0. The third-order valence-electron chi connectivity index (χ3n) is 1.90. The number of Topliss-reactive ketones (excluding diaryl/α,β-unsaturated/α-hetero) is 1. The van der Waals surface area contributed by atoms with Crippen LogP contribution in [0.15, 0.2) is 0 Å². The number of carbonyl (C=O) groups is 2. The van der Waals surface area contributed by atoms with Crippen molar-refractivity contribution in [1.82, 2.24) is 0 Å².